The molecule has 0 unspecified atom stereocenters. The molecule has 0 aliphatic heterocycles. The minimum absolute atomic E-state index is 0.0485. The molecule has 12 heteroatoms. The normalized spacial score (nSPS) is 11.3. The van der Waals surface area contributed by atoms with Crippen molar-refractivity contribution in [1.82, 2.24) is 5.43 Å². The molecule has 0 aliphatic carbocycles. The highest BCUT2D eigenvalue weighted by Gasteiger charge is 2.27. The number of hydrazone groups is 1. The summed E-state index contributed by atoms with van der Waals surface area (Å²) in [5.74, 6) is -0.741. The average Bonchev–Trinajstić information content (AvgIpc) is 2.79. The van der Waals surface area contributed by atoms with E-state index in [1.807, 2.05) is 0 Å². The number of hydrogen-bond acceptors (Lipinski definition) is 6. The molecular formula is C21H16Cl2N4O5S. The third kappa shape index (κ3) is 6.07. The number of benzene rings is 3. The standard InChI is InChI=1S/C21H16Cl2N4O5S/c22-16-7-6-15(20(23)12-16)13-24-25-21(28)14-26(17-8-10-18(11-9-17)27(29)30)33(31,32)19-4-2-1-3-5-19/h1-13H,14H2,(H,25,28)/b24-13-. The van der Waals surface area contributed by atoms with Crippen LogP contribution in [0.3, 0.4) is 0 Å². The van der Waals surface area contributed by atoms with E-state index in [4.69, 9.17) is 23.2 Å². The number of nitro groups is 1. The van der Waals surface area contributed by atoms with Crippen LogP contribution in [0.2, 0.25) is 10.0 Å². The van der Waals surface area contributed by atoms with Crippen LogP contribution in [-0.4, -0.2) is 32.0 Å². The SMILES string of the molecule is O=C(CN(c1ccc([N+](=O)[O-])cc1)S(=O)(=O)c1ccccc1)N/N=C\c1ccc(Cl)cc1Cl. The molecule has 0 spiro atoms. The highest BCUT2D eigenvalue weighted by atomic mass is 35.5. The smallest absolute Gasteiger partial charge is 0.269 e. The van der Waals surface area contributed by atoms with Gasteiger partial charge in [0.25, 0.3) is 21.6 Å². The molecule has 0 aromatic heterocycles. The van der Waals surface area contributed by atoms with Gasteiger partial charge < -0.3 is 0 Å². The zero-order valence-corrected chi connectivity index (χ0v) is 19.1. The fourth-order valence-corrected chi connectivity index (χ4v) is 4.62. The number of sulfonamides is 1. The van der Waals surface area contributed by atoms with Crippen LogP contribution >= 0.6 is 23.2 Å². The molecule has 9 nitrogen and oxygen atoms in total. The van der Waals surface area contributed by atoms with Gasteiger partial charge in [0.15, 0.2) is 0 Å². The van der Waals surface area contributed by atoms with E-state index in [-0.39, 0.29) is 16.3 Å². The largest absolute Gasteiger partial charge is 0.271 e. The number of nitrogens with zero attached hydrogens (tertiary/aromatic N) is 3. The van der Waals surface area contributed by atoms with Gasteiger partial charge >= 0.3 is 0 Å². The van der Waals surface area contributed by atoms with Gasteiger partial charge in [0.2, 0.25) is 0 Å². The Bertz CT molecular complexity index is 1300. The molecule has 0 fully saturated rings. The second-order valence-electron chi connectivity index (χ2n) is 6.56. The van der Waals surface area contributed by atoms with Gasteiger partial charge in [-0.3, -0.25) is 19.2 Å². The molecule has 0 saturated heterocycles. The number of halogens is 2. The van der Waals surface area contributed by atoms with Gasteiger partial charge in [0.05, 0.1) is 26.7 Å². The number of anilines is 1. The van der Waals surface area contributed by atoms with Crippen LogP contribution in [0.1, 0.15) is 5.56 Å². The van der Waals surface area contributed by atoms with Gasteiger partial charge in [-0.1, -0.05) is 47.5 Å². The van der Waals surface area contributed by atoms with E-state index in [0.717, 1.165) is 16.4 Å². The van der Waals surface area contributed by atoms with Crippen LogP contribution in [0.25, 0.3) is 0 Å². The van der Waals surface area contributed by atoms with Crippen LogP contribution in [0.4, 0.5) is 11.4 Å². The predicted molar refractivity (Wildman–Crippen MR) is 126 cm³/mol. The topological polar surface area (TPSA) is 122 Å². The Morgan fingerprint density at radius 2 is 1.73 bits per heavy atom. The number of amides is 1. The van der Waals surface area contributed by atoms with Crippen LogP contribution in [0.5, 0.6) is 0 Å². The lowest BCUT2D eigenvalue weighted by atomic mass is 10.2. The maximum absolute atomic E-state index is 13.2. The summed E-state index contributed by atoms with van der Waals surface area (Å²) in [5, 5.41) is 15.5. The third-order valence-corrected chi connectivity index (χ3v) is 6.67. The summed E-state index contributed by atoms with van der Waals surface area (Å²) in [6.45, 7) is -0.624. The highest BCUT2D eigenvalue weighted by molar-refractivity contribution is 7.92. The number of rotatable bonds is 8. The van der Waals surface area contributed by atoms with Gasteiger partial charge in [-0.25, -0.2) is 13.8 Å². The molecule has 0 radical (unpaired) electrons. The van der Waals surface area contributed by atoms with Crippen molar-refractivity contribution in [2.75, 3.05) is 10.8 Å². The van der Waals surface area contributed by atoms with E-state index in [1.165, 1.54) is 36.5 Å². The molecule has 0 bridgehead atoms. The van der Waals surface area contributed by atoms with Crippen molar-refractivity contribution >= 4 is 56.7 Å². The third-order valence-electron chi connectivity index (χ3n) is 4.32. The van der Waals surface area contributed by atoms with Gasteiger partial charge in [0, 0.05) is 22.7 Å². The van der Waals surface area contributed by atoms with Crippen molar-refractivity contribution in [2.24, 2.45) is 5.10 Å². The molecule has 3 aromatic carbocycles. The molecule has 3 rings (SSSR count). The minimum atomic E-state index is -4.16. The van der Waals surface area contributed by atoms with Crippen molar-refractivity contribution < 1.29 is 18.1 Å². The first-order valence-corrected chi connectivity index (χ1v) is 11.5. The molecule has 3 aromatic rings. The number of carbonyl (C=O) groups is 1. The Morgan fingerprint density at radius 1 is 1.06 bits per heavy atom. The van der Waals surface area contributed by atoms with Crippen molar-refractivity contribution in [2.45, 2.75) is 4.90 Å². The number of carbonyl (C=O) groups excluding carboxylic acids is 1. The predicted octanol–water partition coefficient (Wildman–Crippen LogP) is 4.25. The van der Waals surface area contributed by atoms with Crippen molar-refractivity contribution in [3.05, 3.63) is 98.5 Å². The minimum Gasteiger partial charge on any atom is -0.271 e. The molecule has 1 amide bonds. The van der Waals surface area contributed by atoms with E-state index in [2.05, 4.69) is 10.5 Å². The van der Waals surface area contributed by atoms with E-state index < -0.39 is 27.4 Å². The first-order valence-electron chi connectivity index (χ1n) is 9.27. The monoisotopic (exact) mass is 506 g/mol. The summed E-state index contributed by atoms with van der Waals surface area (Å²) in [6, 6.07) is 17.0. The lowest BCUT2D eigenvalue weighted by Crippen LogP contribution is -2.39. The Morgan fingerprint density at radius 3 is 2.33 bits per heavy atom. The zero-order chi connectivity index (χ0) is 24.0. The second kappa shape index (κ2) is 10.4. The van der Waals surface area contributed by atoms with E-state index in [1.54, 1.807) is 30.3 Å². The average molecular weight is 507 g/mol. The Kier molecular flexibility index (Phi) is 7.64. The van der Waals surface area contributed by atoms with Crippen LogP contribution in [-0.2, 0) is 14.8 Å². The van der Waals surface area contributed by atoms with Crippen LogP contribution in [0.15, 0.2) is 82.8 Å². The van der Waals surface area contributed by atoms with E-state index >= 15 is 0 Å². The fourth-order valence-electron chi connectivity index (χ4n) is 2.72. The van der Waals surface area contributed by atoms with Gasteiger partial charge in [-0.2, -0.15) is 5.10 Å². The first kappa shape index (κ1) is 24.2. The van der Waals surface area contributed by atoms with Crippen molar-refractivity contribution in [3.8, 4) is 0 Å². The first-order chi connectivity index (χ1) is 15.7. The lowest BCUT2D eigenvalue weighted by molar-refractivity contribution is -0.384. The molecular weight excluding hydrogens is 491 g/mol. The van der Waals surface area contributed by atoms with Crippen molar-refractivity contribution in [1.29, 1.82) is 0 Å². The quantitative estimate of drug-likeness (QED) is 0.278. The Labute approximate surface area is 199 Å². The van der Waals surface area contributed by atoms with Gasteiger partial charge in [0.1, 0.15) is 6.54 Å². The lowest BCUT2D eigenvalue weighted by Gasteiger charge is -2.23. The molecule has 0 saturated carbocycles. The summed E-state index contributed by atoms with van der Waals surface area (Å²) >= 11 is 11.9. The summed E-state index contributed by atoms with van der Waals surface area (Å²) in [5.41, 5.74) is 2.60. The summed E-state index contributed by atoms with van der Waals surface area (Å²) in [7, 11) is -4.16. The van der Waals surface area contributed by atoms with Crippen LogP contribution in [0, 0.1) is 10.1 Å². The molecule has 0 atom stereocenters. The summed E-state index contributed by atoms with van der Waals surface area (Å²) < 4.78 is 27.2. The maximum Gasteiger partial charge on any atom is 0.269 e. The van der Waals surface area contributed by atoms with E-state index in [0.29, 0.717) is 15.6 Å². The number of nitro benzene ring substituents is 1. The molecule has 1 N–H and O–H groups in total. The molecule has 33 heavy (non-hydrogen) atoms. The Hall–Kier alpha value is -3.47. The highest BCUT2D eigenvalue weighted by Crippen LogP contribution is 2.25. The number of non-ortho nitro benzene ring substituents is 1. The number of hydrogen-bond donors (Lipinski definition) is 1. The summed E-state index contributed by atoms with van der Waals surface area (Å²) in [4.78, 5) is 22.8. The van der Waals surface area contributed by atoms with Gasteiger partial charge in [-0.15, -0.1) is 0 Å². The maximum atomic E-state index is 13.2. The molecule has 0 heterocycles. The van der Waals surface area contributed by atoms with E-state index in [9.17, 15) is 23.3 Å². The summed E-state index contributed by atoms with van der Waals surface area (Å²) in [6.07, 6.45) is 1.29. The fraction of sp³-hybridized carbons (Fsp3) is 0.0476. The molecule has 0 aliphatic rings. The second-order valence-corrected chi connectivity index (χ2v) is 9.26. The molecule has 170 valence electrons. The zero-order valence-electron chi connectivity index (χ0n) is 16.8. The Balaban J connectivity index is 1.85. The van der Waals surface area contributed by atoms with Crippen LogP contribution < -0.4 is 9.73 Å². The number of nitrogens with one attached hydrogen (secondary N) is 1. The van der Waals surface area contributed by atoms with Crippen molar-refractivity contribution in [3.63, 3.8) is 0 Å². The van der Waals surface area contributed by atoms with Gasteiger partial charge in [-0.05, 0) is 36.4 Å².